The number of aromatic nitrogens is 1. The summed E-state index contributed by atoms with van der Waals surface area (Å²) in [5, 5.41) is 9.03. The fourth-order valence-corrected chi connectivity index (χ4v) is 1.97. The Morgan fingerprint density at radius 3 is 2.67 bits per heavy atom. The summed E-state index contributed by atoms with van der Waals surface area (Å²) in [5.41, 5.74) is 0.924. The Morgan fingerprint density at radius 2 is 2.06 bits per heavy atom. The fraction of sp³-hybridized carbons (Fsp3) is 0.214. The van der Waals surface area contributed by atoms with Gasteiger partial charge in [-0.25, -0.2) is 0 Å². The van der Waals surface area contributed by atoms with Gasteiger partial charge in [0.2, 0.25) is 0 Å². The number of methoxy groups -OCH3 is 1. The first-order valence-electron chi connectivity index (χ1n) is 5.69. The Bertz CT molecular complexity index is 520. The van der Waals surface area contributed by atoms with Crippen LogP contribution in [0.15, 0.2) is 48.8 Å². The van der Waals surface area contributed by atoms with E-state index in [1.54, 1.807) is 7.11 Å². The number of hydrogen-bond acceptors (Lipinski definition) is 2. The average Bonchev–Trinajstić information content (AvgIpc) is 2.89. The zero-order valence-electron chi connectivity index (χ0n) is 10.1. The lowest BCUT2D eigenvalue weighted by atomic mass is 10.0. The number of nitrogens with zero attached hydrogens (tertiary/aromatic N) is 1. The summed E-state index contributed by atoms with van der Waals surface area (Å²) < 4.78 is 7.06. The van der Waals surface area contributed by atoms with Crippen LogP contribution in [-0.4, -0.2) is 22.8 Å². The van der Waals surface area contributed by atoms with E-state index in [4.69, 9.17) is 9.84 Å². The predicted molar refractivity (Wildman–Crippen MR) is 67.8 cm³/mol. The van der Waals surface area contributed by atoms with Gasteiger partial charge >= 0.3 is 5.97 Å². The number of aliphatic carboxylic acids is 1. The molecule has 94 valence electrons. The van der Waals surface area contributed by atoms with Gasteiger partial charge in [-0.05, 0) is 29.8 Å². The molecule has 0 fully saturated rings. The number of carbonyl (C=O) groups is 1. The summed E-state index contributed by atoms with van der Waals surface area (Å²) in [6.07, 6.45) is 3.78. The maximum Gasteiger partial charge on any atom is 0.305 e. The Hall–Kier alpha value is -2.23. The van der Waals surface area contributed by atoms with Crippen LogP contribution in [0.25, 0.3) is 0 Å². The highest BCUT2D eigenvalue weighted by atomic mass is 16.5. The number of ether oxygens (including phenoxy) is 1. The van der Waals surface area contributed by atoms with E-state index >= 15 is 0 Å². The largest absolute Gasteiger partial charge is 0.497 e. The van der Waals surface area contributed by atoms with Crippen molar-refractivity contribution in [2.24, 2.45) is 0 Å². The predicted octanol–water partition coefficient (Wildman–Crippen LogP) is 2.56. The molecule has 0 aliphatic carbocycles. The Kier molecular flexibility index (Phi) is 3.67. The lowest BCUT2D eigenvalue weighted by Crippen LogP contribution is -2.13. The van der Waals surface area contributed by atoms with E-state index in [0.29, 0.717) is 0 Å². The van der Waals surface area contributed by atoms with Crippen LogP contribution in [0.1, 0.15) is 18.0 Å². The molecular weight excluding hydrogens is 230 g/mol. The van der Waals surface area contributed by atoms with Crippen LogP contribution in [0.3, 0.4) is 0 Å². The lowest BCUT2D eigenvalue weighted by molar-refractivity contribution is -0.137. The molecule has 1 N–H and O–H groups in total. The van der Waals surface area contributed by atoms with Gasteiger partial charge < -0.3 is 14.4 Å². The van der Waals surface area contributed by atoms with Crippen molar-refractivity contribution in [3.8, 4) is 5.75 Å². The molecule has 0 saturated carbocycles. The minimum atomic E-state index is -0.823. The van der Waals surface area contributed by atoms with Crippen LogP contribution >= 0.6 is 0 Å². The molecule has 4 heteroatoms. The molecule has 0 spiro atoms. The number of carboxylic acids is 1. The molecule has 0 aliphatic heterocycles. The molecule has 0 radical (unpaired) electrons. The highest BCUT2D eigenvalue weighted by Crippen LogP contribution is 2.25. The Balaban J connectivity index is 2.36. The second-order valence-electron chi connectivity index (χ2n) is 4.02. The van der Waals surface area contributed by atoms with Gasteiger partial charge in [-0.15, -0.1) is 0 Å². The van der Waals surface area contributed by atoms with Gasteiger partial charge in [-0.1, -0.05) is 12.1 Å². The minimum Gasteiger partial charge on any atom is -0.497 e. The quantitative estimate of drug-likeness (QED) is 0.880. The molecular formula is C14H15NO3. The van der Waals surface area contributed by atoms with E-state index < -0.39 is 5.97 Å². The van der Waals surface area contributed by atoms with Crippen molar-refractivity contribution in [3.05, 3.63) is 54.4 Å². The number of hydrogen-bond donors (Lipinski definition) is 1. The summed E-state index contributed by atoms with van der Waals surface area (Å²) in [7, 11) is 1.60. The Morgan fingerprint density at radius 1 is 1.33 bits per heavy atom. The molecule has 18 heavy (non-hydrogen) atoms. The first-order valence-corrected chi connectivity index (χ1v) is 5.69. The second-order valence-corrected chi connectivity index (χ2v) is 4.02. The summed E-state index contributed by atoms with van der Waals surface area (Å²) in [6, 6.07) is 11.0. The van der Waals surface area contributed by atoms with Gasteiger partial charge in [0.15, 0.2) is 0 Å². The first kappa shape index (κ1) is 12.2. The summed E-state index contributed by atoms with van der Waals surface area (Å²) in [5.74, 6) is -0.0911. The van der Waals surface area contributed by atoms with Crippen LogP contribution in [0.4, 0.5) is 0 Å². The maximum absolute atomic E-state index is 11.0. The zero-order valence-corrected chi connectivity index (χ0v) is 10.1. The lowest BCUT2D eigenvalue weighted by Gasteiger charge is -2.18. The van der Waals surface area contributed by atoms with E-state index in [1.807, 2.05) is 53.4 Å². The van der Waals surface area contributed by atoms with Crippen molar-refractivity contribution in [1.82, 2.24) is 4.57 Å². The van der Waals surface area contributed by atoms with Crippen molar-refractivity contribution in [2.45, 2.75) is 12.5 Å². The van der Waals surface area contributed by atoms with Gasteiger partial charge in [0.25, 0.3) is 0 Å². The minimum absolute atomic E-state index is 0.0435. The number of carboxylic acid groups (broad SMARTS) is 1. The molecule has 1 aromatic heterocycles. The second kappa shape index (κ2) is 5.40. The van der Waals surface area contributed by atoms with E-state index in [-0.39, 0.29) is 12.5 Å². The highest BCUT2D eigenvalue weighted by molar-refractivity contribution is 5.68. The molecule has 2 rings (SSSR count). The Labute approximate surface area is 105 Å². The molecule has 0 saturated heterocycles. The van der Waals surface area contributed by atoms with Gasteiger partial charge in [-0.2, -0.15) is 0 Å². The maximum atomic E-state index is 11.0. The third kappa shape index (κ3) is 2.71. The van der Waals surface area contributed by atoms with Gasteiger partial charge in [0.05, 0.1) is 19.6 Å². The molecule has 0 bridgehead atoms. The van der Waals surface area contributed by atoms with Crippen molar-refractivity contribution in [3.63, 3.8) is 0 Å². The van der Waals surface area contributed by atoms with Crippen LogP contribution in [-0.2, 0) is 4.79 Å². The van der Waals surface area contributed by atoms with Crippen LogP contribution in [0.5, 0.6) is 5.75 Å². The molecule has 4 nitrogen and oxygen atoms in total. The third-order valence-electron chi connectivity index (χ3n) is 2.83. The topological polar surface area (TPSA) is 51.5 Å². The number of rotatable bonds is 5. The normalized spacial score (nSPS) is 12.1. The molecule has 0 aliphatic rings. The van der Waals surface area contributed by atoms with Gasteiger partial charge in [0.1, 0.15) is 5.75 Å². The van der Waals surface area contributed by atoms with Crippen molar-refractivity contribution >= 4 is 5.97 Å². The van der Waals surface area contributed by atoms with E-state index in [9.17, 15) is 4.79 Å². The van der Waals surface area contributed by atoms with Crippen LogP contribution in [0, 0.1) is 0 Å². The first-order chi connectivity index (χ1) is 8.70. The van der Waals surface area contributed by atoms with Gasteiger partial charge in [0, 0.05) is 12.4 Å². The third-order valence-corrected chi connectivity index (χ3v) is 2.83. The van der Waals surface area contributed by atoms with Crippen molar-refractivity contribution in [1.29, 1.82) is 0 Å². The standard InChI is InChI=1S/C14H15NO3/c1-18-12-6-4-5-11(9-12)13(10-14(16)17)15-7-2-3-8-15/h2-9,13H,10H2,1H3,(H,16,17). The zero-order chi connectivity index (χ0) is 13.0. The summed E-state index contributed by atoms with van der Waals surface area (Å²) in [6.45, 7) is 0. The molecule has 0 amide bonds. The van der Waals surface area contributed by atoms with E-state index in [2.05, 4.69) is 0 Å². The average molecular weight is 245 g/mol. The van der Waals surface area contributed by atoms with Crippen LogP contribution < -0.4 is 4.74 Å². The van der Waals surface area contributed by atoms with E-state index in [1.165, 1.54) is 0 Å². The number of benzene rings is 1. The summed E-state index contributed by atoms with van der Waals surface area (Å²) >= 11 is 0. The fourth-order valence-electron chi connectivity index (χ4n) is 1.97. The molecule has 1 heterocycles. The monoisotopic (exact) mass is 245 g/mol. The van der Waals surface area contributed by atoms with Crippen LogP contribution in [0.2, 0.25) is 0 Å². The smallest absolute Gasteiger partial charge is 0.305 e. The molecule has 1 atom stereocenters. The molecule has 1 aromatic carbocycles. The van der Waals surface area contributed by atoms with Crippen molar-refractivity contribution < 1.29 is 14.6 Å². The summed E-state index contributed by atoms with van der Waals surface area (Å²) in [4.78, 5) is 11.0. The highest BCUT2D eigenvalue weighted by Gasteiger charge is 2.17. The van der Waals surface area contributed by atoms with Gasteiger partial charge in [-0.3, -0.25) is 4.79 Å². The van der Waals surface area contributed by atoms with Crippen molar-refractivity contribution in [2.75, 3.05) is 7.11 Å². The molecule has 2 aromatic rings. The SMILES string of the molecule is COc1cccc(C(CC(=O)O)n2cccc2)c1. The van der Waals surface area contributed by atoms with E-state index in [0.717, 1.165) is 11.3 Å². The molecule has 1 unspecified atom stereocenters.